The lowest BCUT2D eigenvalue weighted by atomic mass is 9.96. The lowest BCUT2D eigenvalue weighted by Gasteiger charge is -2.39. The van der Waals surface area contributed by atoms with Crippen LogP contribution in [0.1, 0.15) is 26.8 Å². The van der Waals surface area contributed by atoms with E-state index in [-0.39, 0.29) is 27.9 Å². The van der Waals surface area contributed by atoms with Gasteiger partial charge in [-0.1, -0.05) is 41.1 Å². The third-order valence-electron chi connectivity index (χ3n) is 6.46. The van der Waals surface area contributed by atoms with Gasteiger partial charge in [0.2, 0.25) is 0 Å². The Bertz CT molecular complexity index is 1720. The van der Waals surface area contributed by atoms with Gasteiger partial charge in [0.15, 0.2) is 5.82 Å². The monoisotopic (exact) mass is 519 g/mol. The standard InChI is InChI=1S/C27H23ClFN5O3/c1-27(2,3)37-26(36)33-12-15(13-33)34-25-19-10-20(28)22(23(29)24(19)30-11-21(25)31-32-34)18-9-16(35)8-14-6-4-5-7-17(14)18/h4-11,15,35H,12-13H2,1-3H3. The Balaban J connectivity index is 1.45. The van der Waals surface area contributed by atoms with Crippen LogP contribution in [-0.4, -0.2) is 54.8 Å². The number of ether oxygens (including phenoxy) is 1. The van der Waals surface area contributed by atoms with Crippen molar-refractivity contribution >= 4 is 50.4 Å². The van der Waals surface area contributed by atoms with E-state index in [1.165, 1.54) is 12.3 Å². The third kappa shape index (κ3) is 3.90. The molecule has 1 saturated heterocycles. The second-order valence-corrected chi connectivity index (χ2v) is 10.6. The number of amides is 1. The zero-order valence-corrected chi connectivity index (χ0v) is 21.1. The van der Waals surface area contributed by atoms with E-state index in [0.717, 1.165) is 10.8 Å². The molecule has 0 bridgehead atoms. The van der Waals surface area contributed by atoms with Gasteiger partial charge in [-0.05, 0) is 55.3 Å². The van der Waals surface area contributed by atoms with Gasteiger partial charge in [0, 0.05) is 24.0 Å². The molecule has 0 unspecified atom stereocenters. The minimum absolute atomic E-state index is 0.00877. The predicted octanol–water partition coefficient (Wildman–Crippen LogP) is 6.09. The molecule has 3 aromatic carbocycles. The molecule has 37 heavy (non-hydrogen) atoms. The van der Waals surface area contributed by atoms with E-state index < -0.39 is 17.5 Å². The number of aromatic nitrogens is 4. The fourth-order valence-electron chi connectivity index (χ4n) is 4.78. The van der Waals surface area contributed by atoms with Crippen molar-refractivity contribution in [2.24, 2.45) is 0 Å². The number of carbonyl (C=O) groups is 1. The van der Waals surface area contributed by atoms with Gasteiger partial charge in [0.25, 0.3) is 0 Å². The van der Waals surface area contributed by atoms with Crippen molar-refractivity contribution in [3.8, 4) is 16.9 Å². The number of fused-ring (bicyclic) bond motifs is 4. The highest BCUT2D eigenvalue weighted by Gasteiger charge is 2.36. The Kier molecular flexibility index (Phi) is 5.24. The smallest absolute Gasteiger partial charge is 0.410 e. The SMILES string of the molecule is CC(C)(C)OC(=O)N1CC(n2nnc3cnc4c(F)c(-c5cc(O)cc6ccccc56)c(Cl)cc4c32)C1. The van der Waals surface area contributed by atoms with E-state index in [4.69, 9.17) is 16.3 Å². The molecule has 8 nitrogen and oxygen atoms in total. The fourth-order valence-corrected chi connectivity index (χ4v) is 5.08. The molecule has 0 saturated carbocycles. The van der Waals surface area contributed by atoms with Crippen LogP contribution in [0.15, 0.2) is 48.7 Å². The maximum Gasteiger partial charge on any atom is 0.410 e. The molecule has 0 radical (unpaired) electrons. The quantitative estimate of drug-likeness (QED) is 0.303. The number of phenolic OH excluding ortho intramolecular Hbond substituents is 1. The molecule has 1 N–H and O–H groups in total. The first-order valence-corrected chi connectivity index (χ1v) is 12.2. The van der Waals surface area contributed by atoms with Crippen LogP contribution < -0.4 is 0 Å². The summed E-state index contributed by atoms with van der Waals surface area (Å²) in [5, 5.41) is 20.9. The summed E-state index contributed by atoms with van der Waals surface area (Å²) < 4.78 is 23.2. The average molecular weight is 520 g/mol. The van der Waals surface area contributed by atoms with Crippen molar-refractivity contribution in [2.45, 2.75) is 32.4 Å². The summed E-state index contributed by atoms with van der Waals surface area (Å²) in [6.45, 7) is 6.23. The van der Waals surface area contributed by atoms with E-state index in [1.54, 1.807) is 21.7 Å². The molecule has 1 aliphatic heterocycles. The summed E-state index contributed by atoms with van der Waals surface area (Å²) in [5.74, 6) is -0.591. The largest absolute Gasteiger partial charge is 0.508 e. The summed E-state index contributed by atoms with van der Waals surface area (Å²) in [4.78, 5) is 18.3. The molecule has 0 aliphatic carbocycles. The molecule has 1 amide bonds. The van der Waals surface area contributed by atoms with Gasteiger partial charge in [-0.2, -0.15) is 0 Å². The van der Waals surface area contributed by atoms with Crippen LogP contribution in [0, 0.1) is 5.82 Å². The van der Waals surface area contributed by atoms with Gasteiger partial charge in [-0.3, -0.25) is 4.98 Å². The molecule has 188 valence electrons. The van der Waals surface area contributed by atoms with Gasteiger partial charge in [0.1, 0.15) is 27.9 Å². The van der Waals surface area contributed by atoms with Gasteiger partial charge in [-0.15, -0.1) is 5.10 Å². The molecule has 3 heterocycles. The zero-order valence-electron chi connectivity index (χ0n) is 20.4. The molecule has 1 aliphatic rings. The van der Waals surface area contributed by atoms with Crippen LogP contribution in [0.3, 0.4) is 0 Å². The molecule has 10 heteroatoms. The Morgan fingerprint density at radius 2 is 1.92 bits per heavy atom. The van der Waals surface area contributed by atoms with Crippen LogP contribution in [0.4, 0.5) is 9.18 Å². The Morgan fingerprint density at radius 3 is 2.68 bits per heavy atom. The number of halogens is 2. The maximum atomic E-state index is 16.1. The van der Waals surface area contributed by atoms with E-state index in [1.807, 2.05) is 45.0 Å². The first kappa shape index (κ1) is 23.4. The summed E-state index contributed by atoms with van der Waals surface area (Å²) in [5.41, 5.74) is 1.25. The van der Waals surface area contributed by atoms with Crippen LogP contribution in [-0.2, 0) is 4.74 Å². The zero-order chi connectivity index (χ0) is 26.1. The first-order valence-electron chi connectivity index (χ1n) is 11.8. The molecule has 5 aromatic rings. The Morgan fingerprint density at radius 1 is 1.16 bits per heavy atom. The second-order valence-electron chi connectivity index (χ2n) is 10.2. The lowest BCUT2D eigenvalue weighted by molar-refractivity contribution is -0.0000490. The normalized spacial score (nSPS) is 14.5. The van der Waals surface area contributed by atoms with Gasteiger partial charge in [0.05, 0.1) is 17.3 Å². The summed E-state index contributed by atoms with van der Waals surface area (Å²) >= 11 is 6.70. The van der Waals surface area contributed by atoms with Crippen molar-refractivity contribution in [1.29, 1.82) is 0 Å². The average Bonchev–Trinajstić information content (AvgIpc) is 3.21. The predicted molar refractivity (Wildman–Crippen MR) is 139 cm³/mol. The van der Waals surface area contributed by atoms with Crippen LogP contribution in [0.25, 0.3) is 43.8 Å². The number of rotatable bonds is 2. The van der Waals surface area contributed by atoms with Crippen molar-refractivity contribution < 1.29 is 19.0 Å². The highest BCUT2D eigenvalue weighted by molar-refractivity contribution is 6.35. The molecule has 0 atom stereocenters. The number of phenols is 1. The number of carbonyl (C=O) groups excluding carboxylic acids is 1. The van der Waals surface area contributed by atoms with E-state index >= 15 is 4.39 Å². The lowest BCUT2D eigenvalue weighted by Crippen LogP contribution is -2.52. The van der Waals surface area contributed by atoms with Crippen molar-refractivity contribution in [3.05, 3.63) is 59.5 Å². The minimum atomic E-state index is -0.600. The van der Waals surface area contributed by atoms with Crippen LogP contribution in [0.2, 0.25) is 5.02 Å². The van der Waals surface area contributed by atoms with Crippen molar-refractivity contribution in [1.82, 2.24) is 24.9 Å². The fraction of sp³-hybridized carbons (Fsp3) is 0.259. The number of benzene rings is 3. The Hall–Kier alpha value is -3.98. The minimum Gasteiger partial charge on any atom is -0.508 e. The molecular weight excluding hydrogens is 497 g/mol. The van der Waals surface area contributed by atoms with Crippen LogP contribution >= 0.6 is 11.6 Å². The maximum absolute atomic E-state index is 16.1. The van der Waals surface area contributed by atoms with E-state index in [0.29, 0.717) is 35.1 Å². The first-order chi connectivity index (χ1) is 17.6. The number of aromatic hydroxyl groups is 1. The molecule has 6 rings (SSSR count). The molecule has 0 spiro atoms. The van der Waals surface area contributed by atoms with Crippen molar-refractivity contribution in [2.75, 3.05) is 13.1 Å². The Labute approximate surface area is 216 Å². The van der Waals surface area contributed by atoms with Gasteiger partial charge < -0.3 is 14.7 Å². The summed E-state index contributed by atoms with van der Waals surface area (Å²) in [6, 6.07) is 12.0. The number of pyridine rings is 1. The second kappa shape index (κ2) is 8.27. The number of nitrogens with zero attached hydrogens (tertiary/aromatic N) is 5. The number of hydrogen-bond donors (Lipinski definition) is 1. The molecular formula is C27H23ClFN5O3. The number of hydrogen-bond acceptors (Lipinski definition) is 6. The topological polar surface area (TPSA) is 93.4 Å². The van der Waals surface area contributed by atoms with E-state index in [2.05, 4.69) is 15.3 Å². The number of likely N-dealkylation sites (tertiary alicyclic amines) is 1. The van der Waals surface area contributed by atoms with Crippen molar-refractivity contribution in [3.63, 3.8) is 0 Å². The highest BCUT2D eigenvalue weighted by atomic mass is 35.5. The molecule has 1 fully saturated rings. The van der Waals surface area contributed by atoms with Crippen LogP contribution in [0.5, 0.6) is 5.75 Å². The highest BCUT2D eigenvalue weighted by Crippen LogP contribution is 2.42. The van der Waals surface area contributed by atoms with E-state index in [9.17, 15) is 9.90 Å². The summed E-state index contributed by atoms with van der Waals surface area (Å²) in [6.07, 6.45) is 1.09. The van der Waals surface area contributed by atoms with Gasteiger partial charge in [-0.25, -0.2) is 13.9 Å². The van der Waals surface area contributed by atoms with Gasteiger partial charge >= 0.3 is 6.09 Å². The molecule has 2 aromatic heterocycles. The summed E-state index contributed by atoms with van der Waals surface area (Å²) in [7, 11) is 0. The third-order valence-corrected chi connectivity index (χ3v) is 6.76.